The number of para-hydroxylation sites is 1. The molecule has 1 aliphatic rings. The van der Waals surface area contributed by atoms with Crippen LogP contribution in [0.25, 0.3) is 11.3 Å². The summed E-state index contributed by atoms with van der Waals surface area (Å²) < 4.78 is 5.67. The highest BCUT2D eigenvalue weighted by Gasteiger charge is 2.20. The van der Waals surface area contributed by atoms with Crippen molar-refractivity contribution in [3.8, 4) is 17.0 Å². The van der Waals surface area contributed by atoms with Gasteiger partial charge in [0.1, 0.15) is 18.6 Å². The van der Waals surface area contributed by atoms with Gasteiger partial charge in [0.25, 0.3) is 5.91 Å². The second-order valence-electron chi connectivity index (χ2n) is 6.10. The lowest BCUT2D eigenvalue weighted by Gasteiger charge is -2.19. The normalized spacial score (nSPS) is 11.8. The van der Waals surface area contributed by atoms with E-state index >= 15 is 0 Å². The molecule has 4 rings (SSSR count). The molecule has 0 atom stereocenters. The van der Waals surface area contributed by atoms with Crippen LogP contribution in [0.15, 0.2) is 55.0 Å². The van der Waals surface area contributed by atoms with E-state index in [9.17, 15) is 4.79 Å². The standard InChI is InChI=1S/C20H18N4O2/c21-17-4-2-1-3-13(17)7-8-23-20(25)14-5-6-16-15(9-14)11-26-18-10-22-12-24-19(16)18/h1-6,9-10,12H,7-8,11,21H2,(H,23,25). The van der Waals surface area contributed by atoms with Gasteiger partial charge in [0.2, 0.25) is 0 Å². The van der Waals surface area contributed by atoms with Crippen molar-refractivity contribution in [2.75, 3.05) is 12.3 Å². The van der Waals surface area contributed by atoms with E-state index in [-0.39, 0.29) is 5.91 Å². The summed E-state index contributed by atoms with van der Waals surface area (Å²) in [4.78, 5) is 20.7. The van der Waals surface area contributed by atoms with Gasteiger partial charge in [0, 0.05) is 23.4 Å². The topological polar surface area (TPSA) is 90.1 Å². The number of amides is 1. The highest BCUT2D eigenvalue weighted by Crippen LogP contribution is 2.35. The third kappa shape index (κ3) is 3.09. The maximum absolute atomic E-state index is 12.4. The summed E-state index contributed by atoms with van der Waals surface area (Å²) in [6.45, 7) is 0.925. The average Bonchev–Trinajstić information content (AvgIpc) is 2.69. The first-order chi connectivity index (χ1) is 12.7. The van der Waals surface area contributed by atoms with Crippen LogP contribution in [0.4, 0.5) is 5.69 Å². The van der Waals surface area contributed by atoms with E-state index in [1.54, 1.807) is 6.20 Å². The summed E-state index contributed by atoms with van der Waals surface area (Å²) in [7, 11) is 0. The van der Waals surface area contributed by atoms with Gasteiger partial charge in [-0.15, -0.1) is 0 Å². The fourth-order valence-corrected chi connectivity index (χ4v) is 3.04. The number of carbonyl (C=O) groups is 1. The number of nitrogens with one attached hydrogen (secondary N) is 1. The monoisotopic (exact) mass is 346 g/mol. The van der Waals surface area contributed by atoms with Gasteiger partial charge in [0.15, 0.2) is 5.75 Å². The van der Waals surface area contributed by atoms with Crippen LogP contribution in [0.5, 0.6) is 5.75 Å². The Balaban J connectivity index is 1.46. The van der Waals surface area contributed by atoms with Gasteiger partial charge in [-0.05, 0) is 35.7 Å². The van der Waals surface area contributed by atoms with Crippen LogP contribution < -0.4 is 15.8 Å². The minimum atomic E-state index is -0.115. The Morgan fingerprint density at radius 3 is 3.00 bits per heavy atom. The number of nitrogens with zero attached hydrogens (tertiary/aromatic N) is 2. The molecule has 0 unspecified atom stereocenters. The third-order valence-corrected chi connectivity index (χ3v) is 4.42. The van der Waals surface area contributed by atoms with E-state index < -0.39 is 0 Å². The Labute approximate surface area is 151 Å². The van der Waals surface area contributed by atoms with E-state index in [1.165, 1.54) is 6.33 Å². The van der Waals surface area contributed by atoms with Crippen LogP contribution in [-0.2, 0) is 13.0 Å². The van der Waals surface area contributed by atoms with Crippen molar-refractivity contribution in [3.05, 3.63) is 71.7 Å². The van der Waals surface area contributed by atoms with Crippen molar-refractivity contribution >= 4 is 11.6 Å². The molecule has 6 heteroatoms. The molecule has 6 nitrogen and oxygen atoms in total. The van der Waals surface area contributed by atoms with E-state index in [4.69, 9.17) is 10.5 Å². The molecule has 1 aromatic heterocycles. The number of benzene rings is 2. The fraction of sp³-hybridized carbons (Fsp3) is 0.150. The maximum Gasteiger partial charge on any atom is 0.251 e. The Bertz CT molecular complexity index is 972. The number of aromatic nitrogens is 2. The minimum Gasteiger partial charge on any atom is -0.485 e. The number of hydrogen-bond acceptors (Lipinski definition) is 5. The van der Waals surface area contributed by atoms with Crippen molar-refractivity contribution in [3.63, 3.8) is 0 Å². The second-order valence-corrected chi connectivity index (χ2v) is 6.10. The molecule has 1 aliphatic heterocycles. The zero-order valence-electron chi connectivity index (χ0n) is 14.1. The molecule has 0 aliphatic carbocycles. The lowest BCUT2D eigenvalue weighted by molar-refractivity contribution is 0.0954. The van der Waals surface area contributed by atoms with Crippen molar-refractivity contribution in [1.82, 2.24) is 15.3 Å². The summed E-state index contributed by atoms with van der Waals surface area (Å²) in [5, 5.41) is 2.94. The van der Waals surface area contributed by atoms with Gasteiger partial charge in [0.05, 0.1) is 6.20 Å². The lowest BCUT2D eigenvalue weighted by atomic mass is 9.99. The second kappa shape index (κ2) is 6.84. The van der Waals surface area contributed by atoms with E-state index in [2.05, 4.69) is 15.3 Å². The molecule has 2 heterocycles. The van der Waals surface area contributed by atoms with E-state index in [1.807, 2.05) is 42.5 Å². The van der Waals surface area contributed by atoms with Gasteiger partial charge in [-0.3, -0.25) is 4.79 Å². The molecule has 2 aromatic carbocycles. The van der Waals surface area contributed by atoms with Crippen molar-refractivity contribution in [1.29, 1.82) is 0 Å². The number of carbonyl (C=O) groups excluding carboxylic acids is 1. The average molecular weight is 346 g/mol. The summed E-state index contributed by atoms with van der Waals surface area (Å²) in [6.07, 6.45) is 3.84. The number of fused-ring (bicyclic) bond motifs is 3. The molecular formula is C20H18N4O2. The smallest absolute Gasteiger partial charge is 0.251 e. The highest BCUT2D eigenvalue weighted by molar-refractivity contribution is 5.95. The fourth-order valence-electron chi connectivity index (χ4n) is 3.04. The van der Waals surface area contributed by atoms with Gasteiger partial charge in [-0.25, -0.2) is 9.97 Å². The Kier molecular flexibility index (Phi) is 4.23. The van der Waals surface area contributed by atoms with E-state index in [0.717, 1.165) is 28.1 Å². The van der Waals surface area contributed by atoms with Crippen LogP contribution in [0.1, 0.15) is 21.5 Å². The third-order valence-electron chi connectivity index (χ3n) is 4.42. The van der Waals surface area contributed by atoms with Crippen LogP contribution in [0.2, 0.25) is 0 Å². The number of ether oxygens (including phenoxy) is 1. The lowest BCUT2D eigenvalue weighted by Crippen LogP contribution is -2.26. The van der Waals surface area contributed by atoms with Gasteiger partial charge in [-0.1, -0.05) is 24.3 Å². The number of rotatable bonds is 4. The van der Waals surface area contributed by atoms with Crippen LogP contribution in [-0.4, -0.2) is 22.4 Å². The predicted molar refractivity (Wildman–Crippen MR) is 98.7 cm³/mol. The largest absolute Gasteiger partial charge is 0.485 e. The molecule has 1 amide bonds. The number of nitrogen functional groups attached to an aromatic ring is 1. The molecule has 3 aromatic rings. The summed E-state index contributed by atoms with van der Waals surface area (Å²) in [5.74, 6) is 0.549. The highest BCUT2D eigenvalue weighted by atomic mass is 16.5. The first kappa shape index (κ1) is 16.1. The SMILES string of the molecule is Nc1ccccc1CCNC(=O)c1ccc2c(c1)COc1cncnc1-2. The number of nitrogens with two attached hydrogens (primary N) is 1. The number of hydrogen-bond donors (Lipinski definition) is 2. The van der Waals surface area contributed by atoms with Crippen LogP contribution in [0.3, 0.4) is 0 Å². The molecule has 0 saturated carbocycles. The maximum atomic E-state index is 12.4. The molecule has 26 heavy (non-hydrogen) atoms. The van der Waals surface area contributed by atoms with Crippen molar-refractivity contribution in [2.24, 2.45) is 0 Å². The zero-order chi connectivity index (χ0) is 17.9. The molecule has 3 N–H and O–H groups in total. The molecular weight excluding hydrogens is 328 g/mol. The Morgan fingerprint density at radius 1 is 1.23 bits per heavy atom. The van der Waals surface area contributed by atoms with Gasteiger partial charge in [-0.2, -0.15) is 0 Å². The van der Waals surface area contributed by atoms with Crippen molar-refractivity contribution < 1.29 is 9.53 Å². The molecule has 0 bridgehead atoms. The van der Waals surface area contributed by atoms with Gasteiger partial charge >= 0.3 is 0 Å². The summed E-state index contributed by atoms with van der Waals surface area (Å²) >= 11 is 0. The first-order valence-electron chi connectivity index (χ1n) is 8.40. The van der Waals surface area contributed by atoms with E-state index in [0.29, 0.717) is 30.9 Å². The quantitative estimate of drug-likeness (QED) is 0.709. The van der Waals surface area contributed by atoms with Crippen LogP contribution in [0, 0.1) is 0 Å². The first-order valence-corrected chi connectivity index (χ1v) is 8.40. The molecule has 0 saturated heterocycles. The molecule has 0 radical (unpaired) electrons. The molecule has 0 spiro atoms. The molecule has 0 fully saturated rings. The minimum absolute atomic E-state index is 0.115. The number of anilines is 1. The predicted octanol–water partition coefficient (Wildman–Crippen LogP) is 2.59. The van der Waals surface area contributed by atoms with Crippen LogP contribution >= 0.6 is 0 Å². The summed E-state index contributed by atoms with van der Waals surface area (Å²) in [5.41, 5.74) is 11.0. The molecule has 130 valence electrons. The Morgan fingerprint density at radius 2 is 2.12 bits per heavy atom. The Hall–Kier alpha value is -3.41. The zero-order valence-corrected chi connectivity index (χ0v) is 14.1. The van der Waals surface area contributed by atoms with Gasteiger partial charge < -0.3 is 15.8 Å². The summed E-state index contributed by atoms with van der Waals surface area (Å²) in [6, 6.07) is 13.2. The van der Waals surface area contributed by atoms with Crippen molar-refractivity contribution in [2.45, 2.75) is 13.0 Å².